The standard InChI is InChI=1S/C24H23ClF3N5O2S/c1-2-22(34)32-9-8-15(10-21(32)33-20(25)12-19(30-33)24(26,27)28)23-29-17(13-36-23)16-11-18(35-31-16)14-6-4-3-5-7-14/h3-7,12-13,15,18,21H,2,8-11H2,1H3/t15?,18-,21?/m1/s1. The van der Waals surface area contributed by atoms with E-state index < -0.39 is 18.0 Å². The van der Waals surface area contributed by atoms with Crippen molar-refractivity contribution in [1.82, 2.24) is 19.7 Å². The summed E-state index contributed by atoms with van der Waals surface area (Å²) in [5, 5.41) is 10.6. The van der Waals surface area contributed by atoms with Crippen LogP contribution in [0.4, 0.5) is 13.2 Å². The fourth-order valence-corrected chi connectivity index (χ4v) is 5.83. The molecule has 7 nitrogen and oxygen atoms in total. The molecule has 2 aliphatic rings. The van der Waals surface area contributed by atoms with Crippen LogP contribution < -0.4 is 0 Å². The lowest BCUT2D eigenvalue weighted by Crippen LogP contribution is -2.43. The molecule has 2 aliphatic heterocycles. The zero-order valence-corrected chi connectivity index (χ0v) is 20.9. The van der Waals surface area contributed by atoms with Gasteiger partial charge in [-0.15, -0.1) is 11.3 Å². The smallest absolute Gasteiger partial charge is 0.387 e. The number of carbonyl (C=O) groups excluding carboxylic acids is 1. The van der Waals surface area contributed by atoms with Crippen LogP contribution in [0.1, 0.15) is 72.8 Å². The maximum atomic E-state index is 13.3. The minimum atomic E-state index is -4.63. The van der Waals surface area contributed by atoms with Crippen LogP contribution in [-0.4, -0.2) is 37.8 Å². The van der Waals surface area contributed by atoms with E-state index in [4.69, 9.17) is 21.4 Å². The van der Waals surface area contributed by atoms with Crippen molar-refractivity contribution in [3.05, 3.63) is 68.9 Å². The number of thiazole rings is 1. The highest BCUT2D eigenvalue weighted by Crippen LogP contribution is 2.41. The summed E-state index contributed by atoms with van der Waals surface area (Å²) >= 11 is 7.64. The van der Waals surface area contributed by atoms with E-state index in [9.17, 15) is 18.0 Å². The minimum absolute atomic E-state index is 0.0721. The number of hydrogen-bond acceptors (Lipinski definition) is 6. The Kier molecular flexibility index (Phi) is 6.78. The summed E-state index contributed by atoms with van der Waals surface area (Å²) in [6.45, 7) is 2.09. The number of aromatic nitrogens is 3. The number of rotatable bonds is 5. The molecule has 0 N–H and O–H groups in total. The Balaban J connectivity index is 1.35. The van der Waals surface area contributed by atoms with Gasteiger partial charge in [0.05, 0.1) is 10.7 Å². The van der Waals surface area contributed by atoms with E-state index in [1.807, 2.05) is 35.7 Å². The summed E-state index contributed by atoms with van der Waals surface area (Å²) in [6, 6.07) is 10.6. The SMILES string of the molecule is CCC(=O)N1CCC(c2nc(C3=NO[C@@H](c4ccccc4)C3)cs2)CC1n1nc(C(F)(F)F)cc1Cl. The molecule has 0 bridgehead atoms. The lowest BCUT2D eigenvalue weighted by Gasteiger charge is -2.39. The van der Waals surface area contributed by atoms with Gasteiger partial charge in [-0.25, -0.2) is 9.67 Å². The van der Waals surface area contributed by atoms with Gasteiger partial charge in [0.15, 0.2) is 11.8 Å². The third-order valence-corrected chi connectivity index (χ3v) is 7.76. The first kappa shape index (κ1) is 24.8. The Bertz CT molecular complexity index is 1280. The number of hydrogen-bond donors (Lipinski definition) is 0. The number of amides is 1. The predicted molar refractivity (Wildman–Crippen MR) is 129 cm³/mol. The molecule has 0 aliphatic carbocycles. The van der Waals surface area contributed by atoms with E-state index in [1.54, 1.807) is 11.8 Å². The Hall–Kier alpha value is -2.92. The number of piperidine rings is 1. The monoisotopic (exact) mass is 537 g/mol. The van der Waals surface area contributed by atoms with Gasteiger partial charge < -0.3 is 9.74 Å². The van der Waals surface area contributed by atoms with Crippen LogP contribution in [0.5, 0.6) is 0 Å². The third kappa shape index (κ3) is 4.86. The molecule has 5 rings (SSSR count). The van der Waals surface area contributed by atoms with Gasteiger partial charge in [0, 0.05) is 36.8 Å². The molecular weight excluding hydrogens is 515 g/mol. The Labute approximate surface area is 214 Å². The highest BCUT2D eigenvalue weighted by molar-refractivity contribution is 7.10. The second-order valence-corrected chi connectivity index (χ2v) is 10.0. The average Bonchev–Trinajstić information content (AvgIpc) is 3.63. The van der Waals surface area contributed by atoms with Crippen molar-refractivity contribution in [1.29, 1.82) is 0 Å². The van der Waals surface area contributed by atoms with Gasteiger partial charge in [-0.05, 0) is 18.4 Å². The van der Waals surface area contributed by atoms with Gasteiger partial charge in [-0.1, -0.05) is 54.0 Å². The quantitative estimate of drug-likeness (QED) is 0.389. The van der Waals surface area contributed by atoms with Crippen molar-refractivity contribution >= 4 is 34.6 Å². The van der Waals surface area contributed by atoms with Crippen LogP contribution in [0.15, 0.2) is 46.9 Å². The van der Waals surface area contributed by atoms with E-state index in [0.29, 0.717) is 25.8 Å². The lowest BCUT2D eigenvalue weighted by molar-refractivity contribution is -0.142. The molecule has 1 saturated heterocycles. The molecule has 1 fully saturated rings. The van der Waals surface area contributed by atoms with Crippen molar-refractivity contribution in [2.45, 2.75) is 57.0 Å². The van der Waals surface area contributed by atoms with Crippen LogP contribution in [-0.2, 0) is 15.8 Å². The molecule has 4 heterocycles. The molecule has 190 valence electrons. The third-order valence-electron chi connectivity index (χ3n) is 6.47. The molecule has 1 amide bonds. The Morgan fingerprint density at radius 1 is 1.28 bits per heavy atom. The molecule has 3 atom stereocenters. The first-order valence-corrected chi connectivity index (χ1v) is 12.9. The van der Waals surface area contributed by atoms with E-state index >= 15 is 0 Å². The van der Waals surface area contributed by atoms with Gasteiger partial charge in [-0.3, -0.25) is 4.79 Å². The van der Waals surface area contributed by atoms with Crippen LogP contribution in [0.25, 0.3) is 0 Å². The maximum Gasteiger partial charge on any atom is 0.435 e. The van der Waals surface area contributed by atoms with Crippen molar-refractivity contribution in [3.63, 3.8) is 0 Å². The summed E-state index contributed by atoms with van der Waals surface area (Å²) in [7, 11) is 0. The maximum absolute atomic E-state index is 13.3. The zero-order chi connectivity index (χ0) is 25.4. The molecule has 0 radical (unpaired) electrons. The molecule has 3 aromatic rings. The van der Waals surface area contributed by atoms with Crippen LogP contribution in [0.3, 0.4) is 0 Å². The van der Waals surface area contributed by atoms with Crippen molar-refractivity contribution in [2.75, 3.05) is 6.54 Å². The lowest BCUT2D eigenvalue weighted by atomic mass is 9.94. The summed E-state index contributed by atoms with van der Waals surface area (Å²) in [4.78, 5) is 24.6. The van der Waals surface area contributed by atoms with Gasteiger partial charge in [0.1, 0.15) is 17.0 Å². The second-order valence-electron chi connectivity index (χ2n) is 8.76. The zero-order valence-electron chi connectivity index (χ0n) is 19.3. The summed E-state index contributed by atoms with van der Waals surface area (Å²) in [6.07, 6.45) is -3.71. The normalized spacial score (nSPS) is 22.4. The first-order chi connectivity index (χ1) is 17.2. The number of alkyl halides is 3. The molecule has 1 aromatic carbocycles. The molecule has 2 aromatic heterocycles. The molecule has 12 heteroatoms. The Morgan fingerprint density at radius 2 is 2.06 bits per heavy atom. The largest absolute Gasteiger partial charge is 0.435 e. The highest BCUT2D eigenvalue weighted by Gasteiger charge is 2.39. The van der Waals surface area contributed by atoms with Crippen LogP contribution in [0, 0.1) is 0 Å². The van der Waals surface area contributed by atoms with Crippen molar-refractivity contribution < 1.29 is 22.8 Å². The number of halogens is 4. The summed E-state index contributed by atoms with van der Waals surface area (Å²) < 4.78 is 40.9. The van der Waals surface area contributed by atoms with Crippen LogP contribution in [0.2, 0.25) is 5.15 Å². The number of nitrogens with zero attached hydrogens (tertiary/aromatic N) is 5. The predicted octanol–water partition coefficient (Wildman–Crippen LogP) is 6.19. The van der Waals surface area contributed by atoms with E-state index in [1.165, 1.54) is 11.3 Å². The summed E-state index contributed by atoms with van der Waals surface area (Å²) in [5.41, 5.74) is 1.44. The van der Waals surface area contributed by atoms with E-state index in [0.717, 1.165) is 32.7 Å². The summed E-state index contributed by atoms with van der Waals surface area (Å²) in [5.74, 6) is -0.236. The number of carbonyl (C=O) groups is 1. The first-order valence-electron chi connectivity index (χ1n) is 11.6. The number of likely N-dealkylation sites (tertiary alicyclic amines) is 1. The Morgan fingerprint density at radius 3 is 2.75 bits per heavy atom. The topological polar surface area (TPSA) is 72.6 Å². The fourth-order valence-electron chi connectivity index (χ4n) is 4.60. The molecule has 36 heavy (non-hydrogen) atoms. The van der Waals surface area contributed by atoms with Gasteiger partial charge in [0.25, 0.3) is 0 Å². The molecule has 0 spiro atoms. The number of oxime groups is 1. The number of benzene rings is 1. The second kappa shape index (κ2) is 9.85. The van der Waals surface area contributed by atoms with Crippen LogP contribution >= 0.6 is 22.9 Å². The van der Waals surface area contributed by atoms with Gasteiger partial charge in [-0.2, -0.15) is 18.3 Å². The van der Waals surface area contributed by atoms with Gasteiger partial charge >= 0.3 is 6.18 Å². The van der Waals surface area contributed by atoms with Crippen molar-refractivity contribution in [2.24, 2.45) is 5.16 Å². The van der Waals surface area contributed by atoms with Gasteiger partial charge in [0.2, 0.25) is 5.91 Å². The van der Waals surface area contributed by atoms with E-state index in [2.05, 4.69) is 10.3 Å². The van der Waals surface area contributed by atoms with Crippen molar-refractivity contribution in [3.8, 4) is 0 Å². The molecule has 2 unspecified atom stereocenters. The van der Waals surface area contributed by atoms with E-state index in [-0.39, 0.29) is 29.5 Å². The minimum Gasteiger partial charge on any atom is -0.387 e. The fraction of sp³-hybridized carbons (Fsp3) is 0.417. The molecule has 0 saturated carbocycles. The highest BCUT2D eigenvalue weighted by atomic mass is 35.5. The average molecular weight is 538 g/mol. The molecular formula is C24H23ClF3N5O2S.